The third-order valence-corrected chi connectivity index (χ3v) is 7.35. The van der Waals surface area contributed by atoms with Gasteiger partial charge < -0.3 is 4.90 Å². The molecule has 2 aromatic heterocycles. The molecule has 152 valence electrons. The maximum atomic E-state index is 13.3. The highest BCUT2D eigenvalue weighted by Gasteiger charge is 2.23. The Balaban J connectivity index is 1.68. The zero-order chi connectivity index (χ0) is 20.5. The number of carbonyl (C=O) groups is 1. The Morgan fingerprint density at radius 1 is 1.24 bits per heavy atom. The number of hydrogen-bond acceptors (Lipinski definition) is 4. The Morgan fingerprint density at radius 2 is 1.93 bits per heavy atom. The molecule has 0 unspecified atom stereocenters. The topological polar surface area (TPSA) is 55.2 Å². The molecule has 0 spiro atoms. The molecule has 2 heterocycles. The van der Waals surface area contributed by atoms with Crippen LogP contribution in [0.3, 0.4) is 0 Å². The SMILES string of the molecule is Cc1sc2ncn(CC(=O)N(C)C3CCCCC3)c(=O)c2c1-c1ccc(Br)cc1. The van der Waals surface area contributed by atoms with E-state index in [0.29, 0.717) is 5.39 Å². The van der Waals surface area contributed by atoms with Gasteiger partial charge in [-0.3, -0.25) is 14.2 Å². The summed E-state index contributed by atoms with van der Waals surface area (Å²) >= 11 is 4.98. The molecule has 0 atom stereocenters. The minimum absolute atomic E-state index is 0.0303. The third kappa shape index (κ3) is 4.03. The standard InChI is InChI=1S/C22H24BrN3O2S/c1-14-19(15-8-10-16(23)11-9-15)20-21(29-14)24-13-26(22(20)28)12-18(27)25(2)17-6-4-3-5-7-17/h8-11,13,17H,3-7,12H2,1-2H3. The van der Waals surface area contributed by atoms with Gasteiger partial charge in [-0.25, -0.2) is 4.98 Å². The van der Waals surface area contributed by atoms with Crippen molar-refractivity contribution in [3.8, 4) is 11.1 Å². The highest BCUT2D eigenvalue weighted by atomic mass is 79.9. The van der Waals surface area contributed by atoms with E-state index in [1.54, 1.807) is 0 Å². The molecule has 4 rings (SSSR count). The maximum Gasteiger partial charge on any atom is 0.263 e. The smallest absolute Gasteiger partial charge is 0.263 e. The second-order valence-corrected chi connectivity index (χ2v) is 9.81. The van der Waals surface area contributed by atoms with E-state index in [0.717, 1.165) is 38.1 Å². The fraction of sp³-hybridized carbons (Fsp3) is 0.409. The van der Waals surface area contributed by atoms with Crippen molar-refractivity contribution >= 4 is 43.4 Å². The Hall–Kier alpha value is -1.99. The molecule has 0 radical (unpaired) electrons. The van der Waals surface area contributed by atoms with Crippen LogP contribution in [0.15, 0.2) is 39.9 Å². The molecular formula is C22H24BrN3O2S. The van der Waals surface area contributed by atoms with Gasteiger partial charge in [-0.05, 0) is 37.5 Å². The van der Waals surface area contributed by atoms with Gasteiger partial charge in [-0.1, -0.05) is 47.3 Å². The zero-order valence-electron chi connectivity index (χ0n) is 16.7. The summed E-state index contributed by atoms with van der Waals surface area (Å²) in [5.74, 6) is -0.0303. The van der Waals surface area contributed by atoms with E-state index in [9.17, 15) is 9.59 Å². The lowest BCUT2D eigenvalue weighted by molar-refractivity contribution is -0.133. The maximum absolute atomic E-state index is 13.3. The van der Waals surface area contributed by atoms with Crippen LogP contribution in [0.2, 0.25) is 0 Å². The molecule has 0 bridgehead atoms. The van der Waals surface area contributed by atoms with Gasteiger partial charge in [-0.2, -0.15) is 0 Å². The molecule has 3 aromatic rings. The molecule has 7 heteroatoms. The van der Waals surface area contributed by atoms with E-state index < -0.39 is 0 Å². The van der Waals surface area contributed by atoms with Gasteiger partial charge in [0.15, 0.2) is 0 Å². The first kappa shape index (κ1) is 20.3. The fourth-order valence-electron chi connectivity index (χ4n) is 4.14. The van der Waals surface area contributed by atoms with Crippen molar-refractivity contribution in [1.82, 2.24) is 14.5 Å². The average Bonchev–Trinajstić information content (AvgIpc) is 3.07. The minimum atomic E-state index is -0.150. The van der Waals surface area contributed by atoms with Crippen LogP contribution in [0.5, 0.6) is 0 Å². The summed E-state index contributed by atoms with van der Waals surface area (Å²) in [5.41, 5.74) is 1.75. The molecule has 1 aliphatic rings. The van der Waals surface area contributed by atoms with E-state index in [4.69, 9.17) is 0 Å². The van der Waals surface area contributed by atoms with Crippen LogP contribution in [0, 0.1) is 6.92 Å². The lowest BCUT2D eigenvalue weighted by Gasteiger charge is -2.31. The molecule has 1 saturated carbocycles. The van der Waals surface area contributed by atoms with Crippen LogP contribution < -0.4 is 5.56 Å². The van der Waals surface area contributed by atoms with Crippen molar-refractivity contribution in [2.24, 2.45) is 0 Å². The minimum Gasteiger partial charge on any atom is -0.341 e. The summed E-state index contributed by atoms with van der Waals surface area (Å²) in [6.07, 6.45) is 7.19. The molecule has 1 fully saturated rings. The molecule has 1 aliphatic carbocycles. The van der Waals surface area contributed by atoms with Crippen LogP contribution in [-0.2, 0) is 11.3 Å². The third-order valence-electron chi connectivity index (χ3n) is 5.81. The molecule has 0 saturated heterocycles. The monoisotopic (exact) mass is 473 g/mol. The van der Waals surface area contributed by atoms with Crippen LogP contribution in [-0.4, -0.2) is 33.4 Å². The average molecular weight is 474 g/mol. The molecular weight excluding hydrogens is 450 g/mol. The first-order valence-electron chi connectivity index (χ1n) is 9.96. The first-order valence-corrected chi connectivity index (χ1v) is 11.6. The quantitative estimate of drug-likeness (QED) is 0.536. The summed E-state index contributed by atoms with van der Waals surface area (Å²) in [6.45, 7) is 2.04. The molecule has 1 amide bonds. The number of halogens is 1. The largest absolute Gasteiger partial charge is 0.341 e. The van der Waals surface area contributed by atoms with Crippen LogP contribution in [0.1, 0.15) is 37.0 Å². The Bertz CT molecular complexity index is 1100. The molecule has 5 nitrogen and oxygen atoms in total. The summed E-state index contributed by atoms with van der Waals surface area (Å²) < 4.78 is 2.45. The molecule has 29 heavy (non-hydrogen) atoms. The van der Waals surface area contributed by atoms with E-state index in [1.807, 2.05) is 43.1 Å². The number of rotatable bonds is 4. The Labute approximate surface area is 182 Å². The number of carbonyl (C=O) groups excluding carboxylic acids is 1. The van der Waals surface area contributed by atoms with Gasteiger partial charge in [0.25, 0.3) is 5.56 Å². The highest BCUT2D eigenvalue weighted by molar-refractivity contribution is 9.10. The van der Waals surface area contributed by atoms with Gasteiger partial charge in [0.1, 0.15) is 11.4 Å². The fourth-order valence-corrected chi connectivity index (χ4v) is 5.41. The Morgan fingerprint density at radius 3 is 2.62 bits per heavy atom. The normalized spacial score (nSPS) is 15.0. The predicted molar refractivity (Wildman–Crippen MR) is 121 cm³/mol. The van der Waals surface area contributed by atoms with E-state index in [2.05, 4.69) is 20.9 Å². The van der Waals surface area contributed by atoms with Crippen molar-refractivity contribution < 1.29 is 4.79 Å². The van der Waals surface area contributed by atoms with E-state index in [-0.39, 0.29) is 24.1 Å². The number of amides is 1. The predicted octanol–water partition coefficient (Wildman–Crippen LogP) is 4.99. The summed E-state index contributed by atoms with van der Waals surface area (Å²) in [6, 6.07) is 8.21. The first-order chi connectivity index (χ1) is 14.0. The van der Waals surface area contributed by atoms with E-state index >= 15 is 0 Å². The number of aryl methyl sites for hydroxylation is 1. The lowest BCUT2D eigenvalue weighted by atomic mass is 9.94. The molecule has 1 aromatic carbocycles. The number of likely N-dealkylation sites (N-methyl/N-ethyl adjacent to an activating group) is 1. The van der Waals surface area contributed by atoms with Crippen LogP contribution in [0.4, 0.5) is 0 Å². The van der Waals surface area contributed by atoms with Crippen molar-refractivity contribution in [3.63, 3.8) is 0 Å². The van der Waals surface area contributed by atoms with Gasteiger partial charge in [-0.15, -0.1) is 11.3 Å². The van der Waals surface area contributed by atoms with Gasteiger partial charge >= 0.3 is 0 Å². The molecule has 0 aliphatic heterocycles. The van der Waals surface area contributed by atoms with Crippen LogP contribution in [0.25, 0.3) is 21.3 Å². The summed E-state index contributed by atoms with van der Waals surface area (Å²) in [5, 5.41) is 0.602. The van der Waals surface area contributed by atoms with Crippen molar-refractivity contribution in [2.75, 3.05) is 7.05 Å². The zero-order valence-corrected chi connectivity index (χ0v) is 19.1. The second kappa shape index (κ2) is 8.40. The van der Waals surface area contributed by atoms with Crippen molar-refractivity contribution in [2.45, 2.75) is 51.6 Å². The lowest BCUT2D eigenvalue weighted by Crippen LogP contribution is -2.41. The summed E-state index contributed by atoms with van der Waals surface area (Å²) in [4.78, 5) is 34.2. The number of benzene rings is 1. The number of hydrogen-bond donors (Lipinski definition) is 0. The number of aromatic nitrogens is 2. The number of nitrogens with zero attached hydrogens (tertiary/aromatic N) is 3. The Kier molecular flexibility index (Phi) is 5.88. The number of fused-ring (bicyclic) bond motifs is 1. The number of thiophene rings is 1. The van der Waals surface area contributed by atoms with Crippen molar-refractivity contribution in [3.05, 3.63) is 50.3 Å². The van der Waals surface area contributed by atoms with Gasteiger partial charge in [0.2, 0.25) is 5.91 Å². The van der Waals surface area contributed by atoms with Gasteiger partial charge in [0.05, 0.1) is 11.7 Å². The van der Waals surface area contributed by atoms with Crippen molar-refractivity contribution in [1.29, 1.82) is 0 Å². The second-order valence-electron chi connectivity index (χ2n) is 7.69. The molecule has 0 N–H and O–H groups in total. The highest BCUT2D eigenvalue weighted by Crippen LogP contribution is 2.35. The summed E-state index contributed by atoms with van der Waals surface area (Å²) in [7, 11) is 1.86. The van der Waals surface area contributed by atoms with Crippen LogP contribution >= 0.6 is 27.3 Å². The van der Waals surface area contributed by atoms with Gasteiger partial charge in [0, 0.05) is 28.0 Å². The van der Waals surface area contributed by atoms with E-state index in [1.165, 1.54) is 41.5 Å².